The average molecular weight is 551 g/mol. The molecule has 3 heterocycles. The van der Waals surface area contributed by atoms with Crippen molar-refractivity contribution in [3.05, 3.63) is 64.5 Å². The molecule has 3 amide bonds. The predicted octanol–water partition coefficient (Wildman–Crippen LogP) is -1.86. The zero-order valence-electron chi connectivity index (χ0n) is 21.0. The summed E-state index contributed by atoms with van der Waals surface area (Å²) in [7, 11) is 12.6. The first kappa shape index (κ1) is 28.2. The minimum Gasteiger partial charge on any atom is -0.435 e. The van der Waals surface area contributed by atoms with Crippen LogP contribution in [0.4, 0.5) is 4.39 Å². The lowest BCUT2D eigenvalue weighted by atomic mass is 9.57. The van der Waals surface area contributed by atoms with Crippen LogP contribution < -0.4 is 10.1 Å². The van der Waals surface area contributed by atoms with Gasteiger partial charge < -0.3 is 34.8 Å². The number of morpholine rings is 1. The van der Waals surface area contributed by atoms with Crippen LogP contribution in [-0.4, -0.2) is 96.0 Å². The van der Waals surface area contributed by atoms with E-state index in [9.17, 15) is 34.8 Å². The van der Waals surface area contributed by atoms with Crippen LogP contribution in [0.15, 0.2) is 36.4 Å². The van der Waals surface area contributed by atoms with Gasteiger partial charge >= 0.3 is 5.97 Å². The molecule has 1 unspecified atom stereocenters. The Morgan fingerprint density at radius 1 is 1.07 bits per heavy atom. The van der Waals surface area contributed by atoms with E-state index >= 15 is 4.39 Å². The summed E-state index contributed by atoms with van der Waals surface area (Å²) in [6.45, 7) is 0.804. The Bertz CT molecular complexity index is 1380. The lowest BCUT2D eigenvalue weighted by Gasteiger charge is -2.41. The molecule has 0 saturated carbocycles. The molecule has 2 fully saturated rings. The zero-order valence-corrected chi connectivity index (χ0v) is 21.0. The second-order valence-corrected chi connectivity index (χ2v) is 9.79. The van der Waals surface area contributed by atoms with Gasteiger partial charge in [0.2, 0.25) is 11.8 Å². The standard InChI is InChI=1S/C25H24B2FN3O9/c26-23(27)20-14(22(34)31(23)17-6-7-19(32)29-21(17)33)2-1-3-18(20)40-25(37,38)15-5-4-13(12-16(15)28)24(35,36)30-8-10-39-11-9-30/h1-5,12,17,35-38H,6-11H2,(H,29,32,33). The smallest absolute Gasteiger partial charge is 0.354 e. The highest BCUT2D eigenvalue weighted by Gasteiger charge is 2.50. The highest BCUT2D eigenvalue weighted by Crippen LogP contribution is 2.44. The van der Waals surface area contributed by atoms with E-state index in [1.807, 2.05) is 0 Å². The van der Waals surface area contributed by atoms with Crippen LogP contribution in [0.2, 0.25) is 0 Å². The van der Waals surface area contributed by atoms with Gasteiger partial charge in [0.15, 0.2) is 0 Å². The van der Waals surface area contributed by atoms with Crippen molar-refractivity contribution >= 4 is 33.4 Å². The Labute approximate surface area is 230 Å². The molecule has 12 nitrogen and oxygen atoms in total. The number of imide groups is 1. The van der Waals surface area contributed by atoms with Gasteiger partial charge in [-0.15, -0.1) is 0 Å². The number of nitrogens with one attached hydrogen (secondary N) is 1. The quantitative estimate of drug-likeness (QED) is 0.156. The SMILES string of the molecule is [B]C1([B])c2c(OC(O)(O)c3ccc(C(O)(O)N4CCOCC4)cc3F)cccc2C(=O)N1C1CCC(=O)NC1=O. The first-order chi connectivity index (χ1) is 18.7. The highest BCUT2D eigenvalue weighted by atomic mass is 19.1. The summed E-state index contributed by atoms with van der Waals surface area (Å²) < 4.78 is 25.7. The third-order valence-corrected chi connectivity index (χ3v) is 7.21. The Morgan fingerprint density at radius 2 is 1.77 bits per heavy atom. The fourth-order valence-corrected chi connectivity index (χ4v) is 5.21. The Balaban J connectivity index is 1.44. The molecule has 40 heavy (non-hydrogen) atoms. The second kappa shape index (κ2) is 9.94. The molecule has 3 aliphatic rings. The van der Waals surface area contributed by atoms with Gasteiger partial charge in [0.25, 0.3) is 11.8 Å². The van der Waals surface area contributed by atoms with Crippen molar-refractivity contribution in [3.63, 3.8) is 0 Å². The van der Waals surface area contributed by atoms with E-state index in [2.05, 4.69) is 5.32 Å². The van der Waals surface area contributed by atoms with E-state index < -0.39 is 58.1 Å². The molecular formula is C25H24B2FN3O9. The van der Waals surface area contributed by atoms with Crippen LogP contribution in [0.5, 0.6) is 5.75 Å². The zero-order chi connectivity index (χ0) is 29.0. The molecule has 5 N–H and O–H groups in total. The van der Waals surface area contributed by atoms with Crippen LogP contribution in [0, 0.1) is 5.82 Å². The number of piperidine rings is 1. The molecule has 0 bridgehead atoms. The first-order valence-corrected chi connectivity index (χ1v) is 12.4. The summed E-state index contributed by atoms with van der Waals surface area (Å²) in [6, 6.07) is 5.39. The number of ether oxygens (including phenoxy) is 2. The molecule has 0 aliphatic carbocycles. The van der Waals surface area contributed by atoms with Gasteiger partial charge in [0.05, 0.1) is 34.5 Å². The van der Waals surface area contributed by atoms with Crippen molar-refractivity contribution in [2.45, 2.75) is 36.1 Å². The molecule has 2 saturated heterocycles. The molecule has 3 aliphatic heterocycles. The van der Waals surface area contributed by atoms with Gasteiger partial charge in [-0.05, 0) is 36.0 Å². The molecular weight excluding hydrogens is 527 g/mol. The minimum atomic E-state index is -3.34. The normalized spacial score (nSPS) is 21.8. The van der Waals surface area contributed by atoms with Crippen molar-refractivity contribution in [1.82, 2.24) is 15.1 Å². The summed E-state index contributed by atoms with van der Waals surface area (Å²) in [5.41, 5.74) is -1.38. The maximum absolute atomic E-state index is 15.2. The van der Waals surface area contributed by atoms with Crippen LogP contribution >= 0.6 is 0 Å². The van der Waals surface area contributed by atoms with E-state index in [0.717, 1.165) is 23.1 Å². The number of rotatable bonds is 6. The van der Waals surface area contributed by atoms with E-state index in [1.54, 1.807) is 0 Å². The van der Waals surface area contributed by atoms with Crippen molar-refractivity contribution in [1.29, 1.82) is 0 Å². The van der Waals surface area contributed by atoms with E-state index in [0.29, 0.717) is 0 Å². The molecule has 2 aromatic carbocycles. The molecule has 15 heteroatoms. The van der Waals surface area contributed by atoms with Crippen LogP contribution in [-0.2, 0) is 31.5 Å². The number of halogens is 1. The number of fused-ring (bicyclic) bond motifs is 1. The van der Waals surface area contributed by atoms with Gasteiger partial charge in [0.1, 0.15) is 17.6 Å². The minimum absolute atomic E-state index is 0.0418. The van der Waals surface area contributed by atoms with Gasteiger partial charge in [-0.25, -0.2) is 9.29 Å². The molecule has 2 aromatic rings. The molecule has 4 radical (unpaired) electrons. The molecule has 0 aromatic heterocycles. The van der Waals surface area contributed by atoms with E-state index in [-0.39, 0.29) is 55.8 Å². The third-order valence-electron chi connectivity index (χ3n) is 7.21. The summed E-state index contributed by atoms with van der Waals surface area (Å²) in [5, 5.41) is 42.7. The monoisotopic (exact) mass is 551 g/mol. The number of hydrogen-bond acceptors (Lipinski definition) is 10. The van der Waals surface area contributed by atoms with E-state index in [4.69, 9.17) is 25.2 Å². The number of amides is 3. The lowest BCUT2D eigenvalue weighted by Crippen LogP contribution is -2.59. The Morgan fingerprint density at radius 3 is 2.42 bits per heavy atom. The summed E-state index contributed by atoms with van der Waals surface area (Å²) >= 11 is 0. The fourth-order valence-electron chi connectivity index (χ4n) is 5.21. The fraction of sp³-hybridized carbons (Fsp3) is 0.400. The van der Waals surface area contributed by atoms with Crippen LogP contribution in [0.3, 0.4) is 0 Å². The highest BCUT2D eigenvalue weighted by molar-refractivity contribution is 6.43. The van der Waals surface area contributed by atoms with Gasteiger partial charge in [-0.1, -0.05) is 12.1 Å². The van der Waals surface area contributed by atoms with E-state index in [1.165, 1.54) is 23.1 Å². The second-order valence-electron chi connectivity index (χ2n) is 9.79. The molecule has 5 rings (SSSR count). The van der Waals surface area contributed by atoms with Gasteiger partial charge in [0, 0.05) is 36.2 Å². The lowest BCUT2D eigenvalue weighted by molar-refractivity contribution is -0.306. The predicted molar refractivity (Wildman–Crippen MR) is 134 cm³/mol. The molecule has 1 atom stereocenters. The van der Waals surface area contributed by atoms with Crippen molar-refractivity contribution in [2.75, 3.05) is 26.3 Å². The van der Waals surface area contributed by atoms with Crippen molar-refractivity contribution < 1.29 is 48.7 Å². The number of nitrogens with zero attached hydrogens (tertiary/aromatic N) is 2. The van der Waals surface area contributed by atoms with Gasteiger partial charge in [-0.2, -0.15) is 0 Å². The van der Waals surface area contributed by atoms with Crippen molar-refractivity contribution in [3.8, 4) is 5.75 Å². The number of carbonyl (C=O) groups excluding carboxylic acids is 3. The topological polar surface area (TPSA) is 169 Å². The summed E-state index contributed by atoms with van der Waals surface area (Å²) in [5.74, 6) is -9.60. The Kier molecular flexibility index (Phi) is 7.01. The first-order valence-electron chi connectivity index (χ1n) is 12.4. The molecule has 0 spiro atoms. The van der Waals surface area contributed by atoms with Crippen molar-refractivity contribution in [2.24, 2.45) is 0 Å². The summed E-state index contributed by atoms with van der Waals surface area (Å²) in [4.78, 5) is 39.4. The van der Waals surface area contributed by atoms with Crippen LogP contribution in [0.25, 0.3) is 0 Å². The maximum Gasteiger partial charge on any atom is 0.354 e. The number of hydrogen-bond donors (Lipinski definition) is 5. The number of carbonyl (C=O) groups is 3. The average Bonchev–Trinajstić information content (AvgIpc) is 3.10. The number of benzene rings is 2. The van der Waals surface area contributed by atoms with Gasteiger partial charge in [-0.3, -0.25) is 19.7 Å². The molecule has 206 valence electrons. The van der Waals surface area contributed by atoms with Crippen LogP contribution in [0.1, 0.15) is 39.9 Å². The summed E-state index contributed by atoms with van der Waals surface area (Å²) in [6.07, 6.45) is -0.101. The number of aliphatic hydroxyl groups is 4. The maximum atomic E-state index is 15.2. The Hall–Kier alpha value is -3.33. The largest absolute Gasteiger partial charge is 0.435 e. The third kappa shape index (κ3) is 4.68.